The average Bonchev–Trinajstić information content (AvgIpc) is 2.60. The van der Waals surface area contributed by atoms with Gasteiger partial charge in [-0.25, -0.2) is 0 Å². The topological polar surface area (TPSA) is 69.4 Å². The summed E-state index contributed by atoms with van der Waals surface area (Å²) < 4.78 is 27.5. The molecule has 0 aromatic heterocycles. The molecule has 0 bridgehead atoms. The number of unbranched alkanes of at least 4 members (excludes halogenated alkanes) is 13. The molecule has 0 saturated carbocycles. The molecule has 0 rings (SSSR count). The fourth-order valence-corrected chi connectivity index (χ4v) is 3.69. The van der Waals surface area contributed by atoms with Crippen LogP contribution >= 0.6 is 0 Å². The molecular formula is C21H43NO3S. The smallest absolute Gasteiger partial charge is 0.268 e. The molecule has 0 aliphatic heterocycles. The summed E-state index contributed by atoms with van der Waals surface area (Å²) in [6.07, 6.45) is 23.5. The molecule has 0 heterocycles. The summed E-state index contributed by atoms with van der Waals surface area (Å²) in [5, 5.41) is 0. The quantitative estimate of drug-likeness (QED) is 0.164. The van der Waals surface area contributed by atoms with E-state index in [0.29, 0.717) is 6.61 Å². The molecule has 0 aliphatic rings. The first-order chi connectivity index (χ1) is 12.6. The molecule has 0 spiro atoms. The molecule has 0 fully saturated rings. The van der Waals surface area contributed by atoms with Crippen molar-refractivity contribution in [3.8, 4) is 0 Å². The van der Waals surface area contributed by atoms with Gasteiger partial charge in [-0.05, 0) is 32.1 Å². The lowest BCUT2D eigenvalue weighted by Gasteiger charge is -2.04. The third kappa shape index (κ3) is 19.9. The van der Waals surface area contributed by atoms with Gasteiger partial charge in [0.05, 0.1) is 12.4 Å². The Hall–Kier alpha value is -0.390. The van der Waals surface area contributed by atoms with Crippen LogP contribution in [0.3, 0.4) is 0 Å². The van der Waals surface area contributed by atoms with Crippen LogP contribution in [0, 0.1) is 0 Å². The molecule has 26 heavy (non-hydrogen) atoms. The predicted molar refractivity (Wildman–Crippen MR) is 113 cm³/mol. The van der Waals surface area contributed by atoms with Crippen LogP contribution in [-0.4, -0.2) is 27.3 Å². The second-order valence-corrected chi connectivity index (χ2v) is 8.92. The van der Waals surface area contributed by atoms with E-state index in [9.17, 15) is 8.42 Å². The lowest BCUT2D eigenvalue weighted by molar-refractivity contribution is 0.306. The monoisotopic (exact) mass is 389 g/mol. The summed E-state index contributed by atoms with van der Waals surface area (Å²) in [5.41, 5.74) is 5.22. The van der Waals surface area contributed by atoms with Gasteiger partial charge in [0.15, 0.2) is 0 Å². The predicted octanol–water partition coefficient (Wildman–Crippen LogP) is 5.72. The minimum absolute atomic E-state index is 0.0839. The SMILES string of the molecule is CCCCCCCCC/C=C\CCCCCCCCOS(=O)(=O)CCN. The zero-order chi connectivity index (χ0) is 19.3. The van der Waals surface area contributed by atoms with Crippen molar-refractivity contribution in [3.05, 3.63) is 12.2 Å². The van der Waals surface area contributed by atoms with Crippen LogP contribution in [-0.2, 0) is 14.3 Å². The summed E-state index contributed by atoms with van der Waals surface area (Å²) in [7, 11) is -3.39. The number of hydrogen-bond acceptors (Lipinski definition) is 4. The minimum atomic E-state index is -3.39. The molecule has 0 amide bonds. The Labute approximate surface area is 163 Å². The largest absolute Gasteiger partial charge is 0.329 e. The maximum atomic E-state index is 11.3. The summed E-state index contributed by atoms with van der Waals surface area (Å²) in [4.78, 5) is 0. The van der Waals surface area contributed by atoms with Crippen molar-refractivity contribution < 1.29 is 12.6 Å². The first-order valence-electron chi connectivity index (χ1n) is 10.8. The summed E-state index contributed by atoms with van der Waals surface area (Å²) in [6, 6.07) is 0. The Kier molecular flexibility index (Phi) is 19.1. The number of rotatable bonds is 20. The fraction of sp³-hybridized carbons (Fsp3) is 0.905. The lowest BCUT2D eigenvalue weighted by Crippen LogP contribution is -2.18. The average molecular weight is 390 g/mol. The van der Waals surface area contributed by atoms with Gasteiger partial charge in [-0.1, -0.05) is 83.3 Å². The van der Waals surface area contributed by atoms with Crippen LogP contribution in [0.4, 0.5) is 0 Å². The molecule has 0 unspecified atom stereocenters. The molecule has 0 saturated heterocycles. The zero-order valence-corrected chi connectivity index (χ0v) is 17.9. The van der Waals surface area contributed by atoms with E-state index in [0.717, 1.165) is 19.3 Å². The number of nitrogens with two attached hydrogens (primary N) is 1. The number of hydrogen-bond donors (Lipinski definition) is 1. The highest BCUT2D eigenvalue weighted by Crippen LogP contribution is 2.10. The molecule has 0 aromatic carbocycles. The van der Waals surface area contributed by atoms with Gasteiger partial charge >= 0.3 is 0 Å². The highest BCUT2D eigenvalue weighted by atomic mass is 32.2. The Bertz CT molecular complexity index is 407. The van der Waals surface area contributed by atoms with Gasteiger partial charge in [0.2, 0.25) is 0 Å². The van der Waals surface area contributed by atoms with E-state index in [2.05, 4.69) is 19.1 Å². The van der Waals surface area contributed by atoms with Crippen LogP contribution in [0.2, 0.25) is 0 Å². The first kappa shape index (κ1) is 25.6. The van der Waals surface area contributed by atoms with E-state index in [1.165, 1.54) is 77.0 Å². The van der Waals surface area contributed by atoms with Crippen molar-refractivity contribution in [1.29, 1.82) is 0 Å². The van der Waals surface area contributed by atoms with Crippen molar-refractivity contribution in [2.45, 2.75) is 103 Å². The van der Waals surface area contributed by atoms with E-state index in [4.69, 9.17) is 9.92 Å². The molecule has 2 N–H and O–H groups in total. The second kappa shape index (κ2) is 19.4. The van der Waals surface area contributed by atoms with Crippen LogP contribution < -0.4 is 5.73 Å². The Morgan fingerprint density at radius 1 is 0.731 bits per heavy atom. The normalized spacial score (nSPS) is 12.2. The molecule has 0 aromatic rings. The van der Waals surface area contributed by atoms with Crippen LogP contribution in [0.15, 0.2) is 12.2 Å². The van der Waals surface area contributed by atoms with Gasteiger partial charge in [-0.2, -0.15) is 8.42 Å². The highest BCUT2D eigenvalue weighted by Gasteiger charge is 2.08. The summed E-state index contributed by atoms with van der Waals surface area (Å²) in [5.74, 6) is -0.0839. The van der Waals surface area contributed by atoms with Crippen LogP contribution in [0.1, 0.15) is 103 Å². The zero-order valence-electron chi connectivity index (χ0n) is 17.1. The van der Waals surface area contributed by atoms with Crippen molar-refractivity contribution in [1.82, 2.24) is 0 Å². The minimum Gasteiger partial charge on any atom is -0.329 e. The second-order valence-electron chi connectivity index (χ2n) is 7.16. The fourth-order valence-electron chi connectivity index (χ4n) is 2.92. The summed E-state index contributed by atoms with van der Waals surface area (Å²) >= 11 is 0. The van der Waals surface area contributed by atoms with E-state index < -0.39 is 10.1 Å². The Balaban J connectivity index is 3.21. The summed E-state index contributed by atoms with van der Waals surface area (Å²) in [6.45, 7) is 2.68. The van der Waals surface area contributed by atoms with E-state index in [1.807, 2.05) is 0 Å². The maximum Gasteiger partial charge on any atom is 0.268 e. The lowest BCUT2D eigenvalue weighted by atomic mass is 10.1. The number of allylic oxidation sites excluding steroid dienone is 2. The molecule has 4 nitrogen and oxygen atoms in total. The third-order valence-corrected chi connectivity index (χ3v) is 5.80. The Morgan fingerprint density at radius 3 is 1.69 bits per heavy atom. The standard InChI is InChI=1S/C21H43NO3S/c1-2-3-4-5-6-7-8-9-10-11-12-13-14-15-16-17-18-20-25-26(23,24)21-19-22/h10-11H,2-9,12-22H2,1H3/b11-10-. The van der Waals surface area contributed by atoms with Crippen LogP contribution in [0.5, 0.6) is 0 Å². The van der Waals surface area contributed by atoms with Gasteiger partial charge in [0, 0.05) is 6.54 Å². The Morgan fingerprint density at radius 2 is 1.19 bits per heavy atom. The van der Waals surface area contributed by atoms with Crippen LogP contribution in [0.25, 0.3) is 0 Å². The molecule has 0 radical (unpaired) electrons. The molecule has 156 valence electrons. The van der Waals surface area contributed by atoms with Gasteiger partial charge in [0.1, 0.15) is 0 Å². The molecule has 5 heteroatoms. The maximum absolute atomic E-state index is 11.3. The van der Waals surface area contributed by atoms with Crippen molar-refractivity contribution >= 4 is 10.1 Å². The first-order valence-corrected chi connectivity index (χ1v) is 12.4. The van der Waals surface area contributed by atoms with Gasteiger partial charge in [0.25, 0.3) is 10.1 Å². The van der Waals surface area contributed by atoms with Gasteiger partial charge in [-0.3, -0.25) is 4.18 Å². The van der Waals surface area contributed by atoms with Gasteiger partial charge in [-0.15, -0.1) is 0 Å². The third-order valence-electron chi connectivity index (χ3n) is 4.54. The van der Waals surface area contributed by atoms with Crippen molar-refractivity contribution in [3.63, 3.8) is 0 Å². The molecular weight excluding hydrogens is 346 g/mol. The van der Waals surface area contributed by atoms with Crippen molar-refractivity contribution in [2.75, 3.05) is 18.9 Å². The van der Waals surface area contributed by atoms with E-state index in [-0.39, 0.29) is 12.3 Å². The van der Waals surface area contributed by atoms with E-state index >= 15 is 0 Å². The van der Waals surface area contributed by atoms with Gasteiger partial charge < -0.3 is 5.73 Å². The molecule has 0 aliphatic carbocycles. The van der Waals surface area contributed by atoms with Crippen molar-refractivity contribution in [2.24, 2.45) is 5.73 Å². The van der Waals surface area contributed by atoms with E-state index in [1.54, 1.807) is 0 Å². The molecule has 0 atom stereocenters. The highest BCUT2D eigenvalue weighted by molar-refractivity contribution is 7.86.